The number of amides is 3. The summed E-state index contributed by atoms with van der Waals surface area (Å²) < 4.78 is 0. The predicted octanol–water partition coefficient (Wildman–Crippen LogP) is 4.44. The van der Waals surface area contributed by atoms with Crippen LogP contribution in [0.15, 0.2) is 78.9 Å². The second-order valence-electron chi connectivity index (χ2n) is 8.23. The summed E-state index contributed by atoms with van der Waals surface area (Å²) in [5.74, 6) is -1.47. The summed E-state index contributed by atoms with van der Waals surface area (Å²) in [6.45, 7) is 3.68. The molecule has 2 atom stereocenters. The first kappa shape index (κ1) is 22.8. The Balaban J connectivity index is 1.75. The third kappa shape index (κ3) is 4.30. The zero-order chi connectivity index (χ0) is 24.4. The summed E-state index contributed by atoms with van der Waals surface area (Å²) in [5.41, 5.74) is 2.05. The topological polar surface area (TPSA) is 101 Å². The Morgan fingerprint density at radius 2 is 1.71 bits per heavy atom. The maximum absolute atomic E-state index is 13.7. The third-order valence-corrected chi connectivity index (χ3v) is 5.99. The van der Waals surface area contributed by atoms with Gasteiger partial charge in [-0.1, -0.05) is 54.1 Å². The van der Waals surface area contributed by atoms with E-state index in [-0.39, 0.29) is 17.7 Å². The van der Waals surface area contributed by atoms with E-state index in [1.54, 1.807) is 19.1 Å². The van der Waals surface area contributed by atoms with Gasteiger partial charge in [-0.15, -0.1) is 0 Å². The average molecular weight is 457 g/mol. The maximum Gasteiger partial charge on any atom is 0.270 e. The SMILES string of the molecule is Cc1ccc(N2C(=O)CC(N(C(=O)c3cccc([N+](=O)[O-])c3)C(C)c3ccccc3)C2=O)cc1. The van der Waals surface area contributed by atoms with Crippen molar-refractivity contribution >= 4 is 29.1 Å². The van der Waals surface area contributed by atoms with Crippen molar-refractivity contribution in [1.29, 1.82) is 0 Å². The molecule has 3 amide bonds. The minimum absolute atomic E-state index is 0.0750. The van der Waals surface area contributed by atoms with E-state index in [9.17, 15) is 24.5 Å². The van der Waals surface area contributed by atoms with Crippen LogP contribution in [-0.4, -0.2) is 33.6 Å². The van der Waals surface area contributed by atoms with Crippen molar-refractivity contribution in [2.24, 2.45) is 0 Å². The van der Waals surface area contributed by atoms with Gasteiger partial charge in [-0.2, -0.15) is 0 Å². The Kier molecular flexibility index (Phi) is 6.23. The summed E-state index contributed by atoms with van der Waals surface area (Å²) in [6.07, 6.45) is -0.176. The first-order valence-electron chi connectivity index (χ1n) is 10.8. The molecule has 0 radical (unpaired) electrons. The number of rotatable bonds is 6. The highest BCUT2D eigenvalue weighted by atomic mass is 16.6. The lowest BCUT2D eigenvalue weighted by Crippen LogP contribution is -2.46. The molecule has 3 aromatic rings. The van der Waals surface area contributed by atoms with Gasteiger partial charge in [0.2, 0.25) is 5.91 Å². The largest absolute Gasteiger partial charge is 0.319 e. The minimum Gasteiger partial charge on any atom is -0.319 e. The van der Waals surface area contributed by atoms with Crippen molar-refractivity contribution in [1.82, 2.24) is 4.90 Å². The number of anilines is 1. The van der Waals surface area contributed by atoms with Crippen LogP contribution in [0.25, 0.3) is 0 Å². The van der Waals surface area contributed by atoms with Crippen LogP contribution < -0.4 is 4.90 Å². The molecule has 0 bridgehead atoms. The fourth-order valence-electron chi connectivity index (χ4n) is 4.18. The fraction of sp³-hybridized carbons (Fsp3) is 0.192. The summed E-state index contributed by atoms with van der Waals surface area (Å²) in [4.78, 5) is 53.2. The molecule has 4 rings (SSSR count). The molecule has 0 aliphatic carbocycles. The molecule has 0 spiro atoms. The van der Waals surface area contributed by atoms with Crippen LogP contribution in [0.2, 0.25) is 0 Å². The van der Waals surface area contributed by atoms with Crippen LogP contribution in [0, 0.1) is 17.0 Å². The lowest BCUT2D eigenvalue weighted by atomic mass is 10.0. The highest BCUT2D eigenvalue weighted by Crippen LogP contribution is 2.33. The van der Waals surface area contributed by atoms with Crippen LogP contribution in [0.1, 0.15) is 40.9 Å². The van der Waals surface area contributed by atoms with Crippen LogP contribution in [0.4, 0.5) is 11.4 Å². The molecule has 34 heavy (non-hydrogen) atoms. The molecule has 0 N–H and O–H groups in total. The molecule has 1 saturated heterocycles. The van der Waals surface area contributed by atoms with E-state index in [0.29, 0.717) is 5.69 Å². The van der Waals surface area contributed by atoms with Gasteiger partial charge in [-0.05, 0) is 37.6 Å². The van der Waals surface area contributed by atoms with E-state index < -0.39 is 34.7 Å². The first-order valence-corrected chi connectivity index (χ1v) is 10.8. The number of hydrogen-bond donors (Lipinski definition) is 0. The molecule has 1 aliphatic rings. The molecule has 8 nitrogen and oxygen atoms in total. The van der Waals surface area contributed by atoms with Crippen LogP contribution in [0.5, 0.6) is 0 Å². The standard InChI is InChI=1S/C26H23N3O5/c1-17-11-13-21(14-12-17)28-24(30)16-23(26(28)32)27(18(2)19-7-4-3-5-8-19)25(31)20-9-6-10-22(15-20)29(33)34/h3-15,18,23H,16H2,1-2H3. The van der Waals surface area contributed by atoms with Gasteiger partial charge in [-0.25, -0.2) is 4.90 Å². The molecule has 0 saturated carbocycles. The lowest BCUT2D eigenvalue weighted by molar-refractivity contribution is -0.384. The maximum atomic E-state index is 13.7. The Labute approximate surface area is 196 Å². The smallest absolute Gasteiger partial charge is 0.270 e. The molecule has 8 heteroatoms. The number of nitro benzene ring substituents is 1. The highest BCUT2D eigenvalue weighted by molar-refractivity contribution is 6.23. The number of benzene rings is 3. The molecule has 1 aliphatic heterocycles. The Morgan fingerprint density at radius 1 is 1.03 bits per heavy atom. The molecule has 0 aromatic heterocycles. The first-order chi connectivity index (χ1) is 16.3. The van der Waals surface area contributed by atoms with Gasteiger partial charge in [0.15, 0.2) is 0 Å². The number of carbonyl (C=O) groups is 3. The molecular weight excluding hydrogens is 434 g/mol. The second kappa shape index (κ2) is 9.27. The Bertz CT molecular complexity index is 1260. The average Bonchev–Trinajstić information content (AvgIpc) is 3.13. The van der Waals surface area contributed by atoms with E-state index in [4.69, 9.17) is 0 Å². The van der Waals surface area contributed by atoms with Crippen molar-refractivity contribution in [3.8, 4) is 0 Å². The zero-order valence-electron chi connectivity index (χ0n) is 18.8. The molecule has 1 fully saturated rings. The van der Waals surface area contributed by atoms with Crippen molar-refractivity contribution in [3.63, 3.8) is 0 Å². The van der Waals surface area contributed by atoms with Gasteiger partial charge in [-0.3, -0.25) is 24.5 Å². The number of carbonyl (C=O) groups excluding carboxylic acids is 3. The molecule has 172 valence electrons. The van der Waals surface area contributed by atoms with E-state index in [2.05, 4.69) is 0 Å². The van der Waals surface area contributed by atoms with E-state index in [1.165, 1.54) is 29.2 Å². The van der Waals surface area contributed by atoms with E-state index >= 15 is 0 Å². The van der Waals surface area contributed by atoms with Crippen molar-refractivity contribution in [2.75, 3.05) is 4.90 Å². The van der Waals surface area contributed by atoms with Crippen LogP contribution >= 0.6 is 0 Å². The van der Waals surface area contributed by atoms with Crippen molar-refractivity contribution < 1.29 is 19.3 Å². The van der Waals surface area contributed by atoms with Crippen LogP contribution in [0.3, 0.4) is 0 Å². The van der Waals surface area contributed by atoms with E-state index in [0.717, 1.165) is 16.0 Å². The number of hydrogen-bond acceptors (Lipinski definition) is 5. The molecule has 1 heterocycles. The van der Waals surface area contributed by atoms with E-state index in [1.807, 2.05) is 49.4 Å². The zero-order valence-corrected chi connectivity index (χ0v) is 18.8. The molecule has 2 unspecified atom stereocenters. The van der Waals surface area contributed by atoms with Gasteiger partial charge >= 0.3 is 0 Å². The van der Waals surface area contributed by atoms with Crippen molar-refractivity contribution in [3.05, 3.63) is 106 Å². The normalized spacial score (nSPS) is 16.4. The van der Waals surface area contributed by atoms with Crippen LogP contribution in [-0.2, 0) is 9.59 Å². The van der Waals surface area contributed by atoms with Crippen molar-refractivity contribution in [2.45, 2.75) is 32.4 Å². The number of non-ortho nitro benzene ring substituents is 1. The minimum atomic E-state index is -1.05. The number of imide groups is 1. The number of aryl methyl sites for hydroxylation is 1. The molecular formula is C26H23N3O5. The summed E-state index contributed by atoms with van der Waals surface area (Å²) in [6, 6.07) is 19.9. The van der Waals surface area contributed by atoms with Gasteiger partial charge in [0.1, 0.15) is 6.04 Å². The fourth-order valence-corrected chi connectivity index (χ4v) is 4.18. The molecule has 3 aromatic carbocycles. The second-order valence-corrected chi connectivity index (χ2v) is 8.23. The monoisotopic (exact) mass is 457 g/mol. The Morgan fingerprint density at radius 3 is 2.35 bits per heavy atom. The van der Waals surface area contributed by atoms with Gasteiger partial charge < -0.3 is 4.90 Å². The lowest BCUT2D eigenvalue weighted by Gasteiger charge is -2.33. The summed E-state index contributed by atoms with van der Waals surface area (Å²) in [5, 5.41) is 11.3. The predicted molar refractivity (Wildman–Crippen MR) is 126 cm³/mol. The van der Waals surface area contributed by atoms with Gasteiger partial charge in [0, 0.05) is 17.7 Å². The quantitative estimate of drug-likeness (QED) is 0.309. The summed E-state index contributed by atoms with van der Waals surface area (Å²) >= 11 is 0. The Hall–Kier alpha value is -4.33. The number of nitro groups is 1. The third-order valence-electron chi connectivity index (χ3n) is 5.99. The summed E-state index contributed by atoms with van der Waals surface area (Å²) in [7, 11) is 0. The number of nitrogens with zero attached hydrogens (tertiary/aromatic N) is 3. The van der Waals surface area contributed by atoms with Gasteiger partial charge in [0.25, 0.3) is 17.5 Å². The highest BCUT2D eigenvalue weighted by Gasteiger charge is 2.46. The van der Waals surface area contributed by atoms with Gasteiger partial charge in [0.05, 0.1) is 23.1 Å².